The van der Waals surface area contributed by atoms with Gasteiger partial charge in [-0.15, -0.1) is 11.3 Å². The SMILES string of the molecule is Cc1ccsc1Cn1c(N)nc2c(C)nn(C)c21. The summed E-state index contributed by atoms with van der Waals surface area (Å²) in [5, 5.41) is 6.49. The van der Waals surface area contributed by atoms with Gasteiger partial charge in [0, 0.05) is 11.9 Å². The van der Waals surface area contributed by atoms with Gasteiger partial charge >= 0.3 is 0 Å². The standard InChI is InChI=1S/C12H15N5S/c1-7-4-5-18-9(7)6-17-11-10(14-12(17)13)8(2)15-16(11)3/h4-5H,6H2,1-3H3,(H2,13,14). The van der Waals surface area contributed by atoms with Crippen LogP contribution in [0.3, 0.4) is 0 Å². The van der Waals surface area contributed by atoms with E-state index in [9.17, 15) is 0 Å². The first-order valence-electron chi connectivity index (χ1n) is 5.76. The maximum absolute atomic E-state index is 6.02. The van der Waals surface area contributed by atoms with Crippen molar-refractivity contribution in [2.75, 3.05) is 5.73 Å². The van der Waals surface area contributed by atoms with Gasteiger partial charge in [0.1, 0.15) is 5.52 Å². The Hall–Kier alpha value is -1.82. The van der Waals surface area contributed by atoms with Crippen molar-refractivity contribution in [3.8, 4) is 0 Å². The third kappa shape index (κ3) is 1.53. The van der Waals surface area contributed by atoms with E-state index >= 15 is 0 Å². The van der Waals surface area contributed by atoms with E-state index in [1.165, 1.54) is 10.4 Å². The van der Waals surface area contributed by atoms with Crippen molar-refractivity contribution in [1.82, 2.24) is 19.3 Å². The number of nitrogen functional groups attached to an aromatic ring is 1. The second-order valence-electron chi connectivity index (χ2n) is 4.46. The molecule has 94 valence electrons. The van der Waals surface area contributed by atoms with Gasteiger partial charge in [0.25, 0.3) is 0 Å². The van der Waals surface area contributed by atoms with Gasteiger partial charge in [-0.1, -0.05) is 0 Å². The lowest BCUT2D eigenvalue weighted by molar-refractivity contribution is 0.728. The van der Waals surface area contributed by atoms with Crippen molar-refractivity contribution >= 4 is 28.4 Å². The van der Waals surface area contributed by atoms with E-state index in [4.69, 9.17) is 5.73 Å². The van der Waals surface area contributed by atoms with E-state index < -0.39 is 0 Å². The second-order valence-corrected chi connectivity index (χ2v) is 5.46. The van der Waals surface area contributed by atoms with Crippen LogP contribution in [0.15, 0.2) is 11.4 Å². The number of imidazole rings is 1. The molecule has 0 fully saturated rings. The van der Waals surface area contributed by atoms with E-state index in [1.807, 2.05) is 23.2 Å². The Labute approximate surface area is 109 Å². The molecule has 3 rings (SSSR count). The molecule has 0 bridgehead atoms. The summed E-state index contributed by atoms with van der Waals surface area (Å²) in [5.41, 5.74) is 10.1. The normalized spacial score (nSPS) is 11.5. The Kier molecular flexibility index (Phi) is 2.41. The fourth-order valence-electron chi connectivity index (χ4n) is 2.22. The number of nitrogens with two attached hydrogens (primary N) is 1. The Morgan fingerprint density at radius 2 is 2.17 bits per heavy atom. The van der Waals surface area contributed by atoms with Crippen molar-refractivity contribution in [2.24, 2.45) is 7.05 Å². The number of aryl methyl sites for hydroxylation is 3. The van der Waals surface area contributed by atoms with Crippen LogP contribution >= 0.6 is 11.3 Å². The minimum absolute atomic E-state index is 0.550. The maximum Gasteiger partial charge on any atom is 0.202 e. The van der Waals surface area contributed by atoms with Crippen molar-refractivity contribution in [3.63, 3.8) is 0 Å². The summed E-state index contributed by atoms with van der Waals surface area (Å²) in [5.74, 6) is 0.550. The molecule has 0 aromatic carbocycles. The topological polar surface area (TPSA) is 61.7 Å². The third-order valence-electron chi connectivity index (χ3n) is 3.19. The molecule has 3 aromatic rings. The van der Waals surface area contributed by atoms with E-state index in [0.717, 1.165) is 23.4 Å². The molecule has 3 aromatic heterocycles. The molecule has 3 heterocycles. The zero-order chi connectivity index (χ0) is 12.9. The van der Waals surface area contributed by atoms with Crippen molar-refractivity contribution < 1.29 is 0 Å². The molecule has 0 amide bonds. The van der Waals surface area contributed by atoms with E-state index in [1.54, 1.807) is 11.3 Å². The number of aromatic nitrogens is 4. The van der Waals surface area contributed by atoms with Gasteiger partial charge in [0.2, 0.25) is 5.95 Å². The first-order valence-corrected chi connectivity index (χ1v) is 6.64. The highest BCUT2D eigenvalue weighted by molar-refractivity contribution is 7.10. The molecule has 5 nitrogen and oxygen atoms in total. The van der Waals surface area contributed by atoms with Crippen LogP contribution in [-0.2, 0) is 13.6 Å². The fourth-order valence-corrected chi connectivity index (χ4v) is 3.11. The van der Waals surface area contributed by atoms with Gasteiger partial charge in [-0.05, 0) is 30.9 Å². The summed E-state index contributed by atoms with van der Waals surface area (Å²) in [7, 11) is 1.92. The lowest BCUT2D eigenvalue weighted by atomic mass is 10.3. The van der Waals surface area contributed by atoms with Crippen LogP contribution in [0.5, 0.6) is 0 Å². The quantitative estimate of drug-likeness (QED) is 0.768. The highest BCUT2D eigenvalue weighted by Crippen LogP contribution is 2.24. The van der Waals surface area contributed by atoms with E-state index in [0.29, 0.717) is 5.95 Å². The van der Waals surface area contributed by atoms with Crippen LogP contribution in [0.25, 0.3) is 11.2 Å². The molecule has 0 aliphatic carbocycles. The highest BCUT2D eigenvalue weighted by atomic mass is 32.1. The van der Waals surface area contributed by atoms with Crippen LogP contribution in [0.2, 0.25) is 0 Å². The number of thiophene rings is 1. The Morgan fingerprint density at radius 1 is 1.39 bits per heavy atom. The summed E-state index contributed by atoms with van der Waals surface area (Å²) < 4.78 is 3.87. The molecule has 0 saturated heterocycles. The third-order valence-corrected chi connectivity index (χ3v) is 4.20. The predicted molar refractivity (Wildman–Crippen MR) is 73.8 cm³/mol. The summed E-state index contributed by atoms with van der Waals surface area (Å²) in [6.45, 7) is 4.82. The monoisotopic (exact) mass is 261 g/mol. The first kappa shape index (κ1) is 11.3. The van der Waals surface area contributed by atoms with Gasteiger partial charge in [0.05, 0.1) is 12.2 Å². The van der Waals surface area contributed by atoms with Crippen molar-refractivity contribution in [2.45, 2.75) is 20.4 Å². The molecular formula is C12H15N5S. The first-order chi connectivity index (χ1) is 8.58. The molecule has 2 N–H and O–H groups in total. The van der Waals surface area contributed by atoms with Gasteiger partial charge in [-0.25, -0.2) is 4.98 Å². The van der Waals surface area contributed by atoms with Crippen LogP contribution < -0.4 is 5.73 Å². The molecule has 0 spiro atoms. The van der Waals surface area contributed by atoms with Crippen LogP contribution in [0.1, 0.15) is 16.1 Å². The molecule has 0 radical (unpaired) electrons. The smallest absolute Gasteiger partial charge is 0.202 e. The Morgan fingerprint density at radius 3 is 2.83 bits per heavy atom. The molecule has 18 heavy (non-hydrogen) atoms. The van der Waals surface area contributed by atoms with Crippen LogP contribution in [0, 0.1) is 13.8 Å². The minimum Gasteiger partial charge on any atom is -0.369 e. The number of anilines is 1. The van der Waals surface area contributed by atoms with Gasteiger partial charge in [0.15, 0.2) is 5.65 Å². The average molecular weight is 261 g/mol. The highest BCUT2D eigenvalue weighted by Gasteiger charge is 2.16. The Balaban J connectivity index is 2.17. The van der Waals surface area contributed by atoms with E-state index in [-0.39, 0.29) is 0 Å². The maximum atomic E-state index is 6.02. The molecular weight excluding hydrogens is 246 g/mol. The molecule has 0 aliphatic rings. The average Bonchev–Trinajstić information content (AvgIpc) is 2.92. The number of hydrogen-bond acceptors (Lipinski definition) is 4. The zero-order valence-corrected chi connectivity index (χ0v) is 11.5. The minimum atomic E-state index is 0.550. The molecule has 6 heteroatoms. The van der Waals surface area contributed by atoms with Crippen molar-refractivity contribution in [3.05, 3.63) is 27.6 Å². The molecule has 0 unspecified atom stereocenters. The van der Waals surface area contributed by atoms with Gasteiger partial charge in [-0.3, -0.25) is 9.25 Å². The fraction of sp³-hybridized carbons (Fsp3) is 0.333. The van der Waals surface area contributed by atoms with Crippen molar-refractivity contribution in [1.29, 1.82) is 0 Å². The number of nitrogens with zero attached hydrogens (tertiary/aromatic N) is 4. The lowest BCUT2D eigenvalue weighted by Crippen LogP contribution is -2.07. The van der Waals surface area contributed by atoms with Crippen LogP contribution in [-0.4, -0.2) is 19.3 Å². The Bertz CT molecular complexity index is 718. The number of hydrogen-bond donors (Lipinski definition) is 1. The van der Waals surface area contributed by atoms with Gasteiger partial charge < -0.3 is 5.73 Å². The van der Waals surface area contributed by atoms with E-state index in [2.05, 4.69) is 28.5 Å². The van der Waals surface area contributed by atoms with Crippen LogP contribution in [0.4, 0.5) is 5.95 Å². The molecule has 0 saturated carbocycles. The molecule has 0 aliphatic heterocycles. The summed E-state index contributed by atoms with van der Waals surface area (Å²) >= 11 is 1.74. The number of rotatable bonds is 2. The number of fused-ring (bicyclic) bond motifs is 1. The summed E-state index contributed by atoms with van der Waals surface area (Å²) in [6, 6.07) is 2.12. The summed E-state index contributed by atoms with van der Waals surface area (Å²) in [4.78, 5) is 5.71. The zero-order valence-electron chi connectivity index (χ0n) is 10.6. The lowest BCUT2D eigenvalue weighted by Gasteiger charge is -2.06. The largest absolute Gasteiger partial charge is 0.369 e. The van der Waals surface area contributed by atoms with Gasteiger partial charge in [-0.2, -0.15) is 5.10 Å². The predicted octanol–water partition coefficient (Wildman–Crippen LogP) is 2.08. The second kappa shape index (κ2) is 3.84. The summed E-state index contributed by atoms with van der Waals surface area (Å²) in [6.07, 6.45) is 0. The molecule has 0 atom stereocenters.